The predicted octanol–water partition coefficient (Wildman–Crippen LogP) is 2.51. The smallest absolute Gasteiger partial charge is 0.239 e. The lowest BCUT2D eigenvalue weighted by atomic mass is 10.1. The number of fused-ring (bicyclic) bond motifs is 1. The highest BCUT2D eigenvalue weighted by molar-refractivity contribution is 7.90. The minimum absolute atomic E-state index is 0.212. The van der Waals surface area contributed by atoms with Crippen LogP contribution in [0, 0.1) is 0 Å². The Bertz CT molecular complexity index is 1430. The molecule has 34 heavy (non-hydrogen) atoms. The highest BCUT2D eigenvalue weighted by atomic mass is 35.5. The molecule has 0 aliphatic carbocycles. The molecule has 3 aromatic rings. The molecule has 3 rings (SSSR count). The zero-order valence-electron chi connectivity index (χ0n) is 18.7. The number of aromatic nitrogens is 1. The molecule has 1 amide bonds. The van der Waals surface area contributed by atoms with E-state index in [0.717, 1.165) is 18.8 Å². The van der Waals surface area contributed by atoms with E-state index in [4.69, 9.17) is 21.1 Å². The van der Waals surface area contributed by atoms with Crippen LogP contribution in [0.5, 0.6) is 11.5 Å². The van der Waals surface area contributed by atoms with Gasteiger partial charge in [-0.05, 0) is 24.6 Å². The predicted molar refractivity (Wildman–Crippen MR) is 135 cm³/mol. The molecule has 184 valence electrons. The van der Waals surface area contributed by atoms with Gasteiger partial charge in [-0.3, -0.25) is 4.79 Å². The number of carbonyl (C=O) groups is 1. The van der Waals surface area contributed by atoms with Gasteiger partial charge in [0.2, 0.25) is 5.91 Å². The average molecular weight is 529 g/mol. The number of amides is 1. The Hall–Kier alpha value is -2.89. The topological polar surface area (TPSA) is 127 Å². The van der Waals surface area contributed by atoms with E-state index in [1.54, 1.807) is 23.6 Å². The highest BCUT2D eigenvalue weighted by Gasteiger charge is 2.26. The molecule has 0 aliphatic heterocycles. The van der Waals surface area contributed by atoms with E-state index >= 15 is 0 Å². The summed E-state index contributed by atoms with van der Waals surface area (Å²) in [5.41, 5.74) is 0.550. The number of alkyl halides is 1. The quantitative estimate of drug-likeness (QED) is 0.364. The lowest BCUT2D eigenvalue weighted by Gasteiger charge is -2.21. The number of carbonyl (C=O) groups excluding carboxylic acids is 1. The molecule has 9 nitrogen and oxygen atoms in total. The van der Waals surface area contributed by atoms with Crippen LogP contribution in [0.1, 0.15) is 18.5 Å². The number of nitrogens with one attached hydrogen (secondary N) is 1. The Labute approximate surface area is 205 Å². The van der Waals surface area contributed by atoms with Crippen LogP contribution in [0.15, 0.2) is 23.6 Å². The standard InChI is InChI=1S/C22H25ClN2O7S2/c1-4-32-19-7-13(5-6-18(19)31-2)17(12-34(3,29)30)25-15(9-26)14-11-33-22(24-20(28)8-23)21(14)16(25)10-27/h5-7,9-11,17,26-27H,4,8,12H2,1-3H3,(H,24,28). The van der Waals surface area contributed by atoms with Crippen LogP contribution in [0.25, 0.3) is 23.3 Å². The molecule has 0 fully saturated rings. The van der Waals surface area contributed by atoms with E-state index in [9.17, 15) is 23.4 Å². The van der Waals surface area contributed by atoms with E-state index in [1.165, 1.54) is 23.0 Å². The average Bonchev–Trinajstić information content (AvgIpc) is 3.34. The summed E-state index contributed by atoms with van der Waals surface area (Å²) >= 11 is 6.82. The Balaban J connectivity index is 2.36. The maximum Gasteiger partial charge on any atom is 0.239 e. The number of aliphatic hydroxyl groups is 2. The number of halogens is 1. The summed E-state index contributed by atoms with van der Waals surface area (Å²) < 4.78 is 37.4. The Morgan fingerprint density at radius 2 is 1.97 bits per heavy atom. The van der Waals surface area contributed by atoms with Gasteiger partial charge >= 0.3 is 0 Å². The number of ether oxygens (including phenoxy) is 2. The Morgan fingerprint density at radius 3 is 2.53 bits per heavy atom. The number of benzene rings is 1. The molecule has 3 N–H and O–H groups in total. The molecule has 1 aromatic carbocycles. The SMILES string of the molecule is CCOc1cc(C(CS(C)(=O)=O)n2c(=CO)c3csc(NC(=O)CCl)c3c2=CO)ccc1OC. The van der Waals surface area contributed by atoms with E-state index in [1.807, 2.05) is 6.92 Å². The first kappa shape index (κ1) is 25.7. The van der Waals surface area contributed by atoms with Crippen molar-refractivity contribution in [2.45, 2.75) is 13.0 Å². The van der Waals surface area contributed by atoms with Crippen LogP contribution >= 0.6 is 22.9 Å². The van der Waals surface area contributed by atoms with Crippen LogP contribution < -0.4 is 25.5 Å². The maximum atomic E-state index is 12.4. The molecule has 12 heteroatoms. The van der Waals surface area contributed by atoms with Crippen molar-refractivity contribution in [2.75, 3.05) is 36.9 Å². The molecular formula is C22H25ClN2O7S2. The molecule has 2 aromatic heterocycles. The molecule has 0 bridgehead atoms. The molecule has 0 aliphatic rings. The van der Waals surface area contributed by atoms with Crippen molar-refractivity contribution < 1.29 is 32.9 Å². The lowest BCUT2D eigenvalue weighted by Crippen LogP contribution is -2.35. The number of aliphatic hydroxyl groups excluding tert-OH is 2. The second-order valence-electron chi connectivity index (χ2n) is 7.39. The van der Waals surface area contributed by atoms with E-state index in [0.29, 0.717) is 39.4 Å². The number of methoxy groups -OCH3 is 1. The van der Waals surface area contributed by atoms with Gasteiger partial charge in [-0.2, -0.15) is 0 Å². The van der Waals surface area contributed by atoms with Gasteiger partial charge in [-0.1, -0.05) is 6.07 Å². The number of rotatable bonds is 9. The van der Waals surface area contributed by atoms with Gasteiger partial charge in [-0.15, -0.1) is 22.9 Å². The summed E-state index contributed by atoms with van der Waals surface area (Å²) in [6, 6.07) is 4.18. The zero-order valence-corrected chi connectivity index (χ0v) is 21.1. The third-order valence-electron chi connectivity index (χ3n) is 5.11. The highest BCUT2D eigenvalue weighted by Crippen LogP contribution is 2.33. The largest absolute Gasteiger partial charge is 0.513 e. The second-order valence-corrected chi connectivity index (χ2v) is 10.7. The normalized spacial score (nSPS) is 13.9. The van der Waals surface area contributed by atoms with Crippen molar-refractivity contribution in [1.82, 2.24) is 4.57 Å². The van der Waals surface area contributed by atoms with Crippen molar-refractivity contribution >= 4 is 67.0 Å². The molecule has 0 saturated carbocycles. The first-order valence-electron chi connectivity index (χ1n) is 10.1. The first-order valence-corrected chi connectivity index (χ1v) is 13.6. The molecule has 0 saturated heterocycles. The molecule has 0 radical (unpaired) electrons. The van der Waals surface area contributed by atoms with Crippen molar-refractivity contribution in [3.8, 4) is 11.5 Å². The number of anilines is 1. The van der Waals surface area contributed by atoms with Gasteiger partial charge in [0, 0.05) is 22.4 Å². The fourth-order valence-corrected chi connectivity index (χ4v) is 5.76. The number of hydrogen-bond acceptors (Lipinski definition) is 8. The summed E-state index contributed by atoms with van der Waals surface area (Å²) in [5, 5.41) is 26.6. The fraction of sp³-hybridized carbons (Fsp3) is 0.318. The maximum absolute atomic E-state index is 12.4. The number of hydrogen-bond donors (Lipinski definition) is 3. The minimum atomic E-state index is -3.53. The van der Waals surface area contributed by atoms with Crippen molar-refractivity contribution in [1.29, 1.82) is 0 Å². The summed E-state index contributed by atoms with van der Waals surface area (Å²) in [5.74, 6) is -0.142. The van der Waals surface area contributed by atoms with Crippen molar-refractivity contribution in [2.24, 2.45) is 0 Å². The molecule has 0 spiro atoms. The summed E-state index contributed by atoms with van der Waals surface area (Å²) in [6.45, 7) is 2.18. The number of thiophene rings is 1. The zero-order chi connectivity index (χ0) is 25.0. The van der Waals surface area contributed by atoms with E-state index in [2.05, 4.69) is 5.32 Å². The van der Waals surface area contributed by atoms with Crippen LogP contribution in [0.2, 0.25) is 0 Å². The van der Waals surface area contributed by atoms with Gasteiger partial charge in [-0.25, -0.2) is 8.42 Å². The van der Waals surface area contributed by atoms with E-state index < -0.39 is 21.8 Å². The van der Waals surface area contributed by atoms with Crippen LogP contribution in [-0.4, -0.2) is 60.7 Å². The molecular weight excluding hydrogens is 504 g/mol. The van der Waals surface area contributed by atoms with Crippen molar-refractivity contribution in [3.63, 3.8) is 0 Å². The molecule has 1 atom stereocenters. The van der Waals surface area contributed by atoms with Gasteiger partial charge in [0.05, 0.1) is 36.2 Å². The number of sulfone groups is 1. The monoisotopic (exact) mass is 528 g/mol. The van der Waals surface area contributed by atoms with Gasteiger partial charge in [0.1, 0.15) is 33.2 Å². The Morgan fingerprint density at radius 1 is 1.26 bits per heavy atom. The second kappa shape index (κ2) is 10.6. The molecule has 2 heterocycles. The third kappa shape index (κ3) is 5.11. The van der Waals surface area contributed by atoms with Gasteiger partial charge in [0.15, 0.2) is 11.5 Å². The van der Waals surface area contributed by atoms with Gasteiger partial charge < -0.3 is 29.6 Å². The summed E-state index contributed by atoms with van der Waals surface area (Å²) in [4.78, 5) is 11.9. The number of nitrogens with zero attached hydrogens (tertiary/aromatic N) is 1. The van der Waals surface area contributed by atoms with Crippen LogP contribution in [0.3, 0.4) is 0 Å². The Kier molecular flexibility index (Phi) is 8.01. The van der Waals surface area contributed by atoms with Crippen molar-refractivity contribution in [3.05, 3.63) is 39.8 Å². The van der Waals surface area contributed by atoms with E-state index in [-0.39, 0.29) is 22.3 Å². The minimum Gasteiger partial charge on any atom is -0.513 e. The third-order valence-corrected chi connectivity index (χ3v) is 7.17. The first-order chi connectivity index (χ1) is 16.2. The fourth-order valence-electron chi connectivity index (χ4n) is 3.80. The lowest BCUT2D eigenvalue weighted by molar-refractivity contribution is -0.113. The summed E-state index contributed by atoms with van der Waals surface area (Å²) in [6.07, 6.45) is 2.77. The van der Waals surface area contributed by atoms with Crippen LogP contribution in [-0.2, 0) is 14.6 Å². The summed E-state index contributed by atoms with van der Waals surface area (Å²) in [7, 11) is -2.03. The van der Waals surface area contributed by atoms with Crippen LogP contribution in [0.4, 0.5) is 5.00 Å². The molecule has 1 unspecified atom stereocenters. The van der Waals surface area contributed by atoms with Gasteiger partial charge in [0.25, 0.3) is 0 Å².